The Balaban J connectivity index is 2.10. The maximum atomic E-state index is 13.9. The van der Waals surface area contributed by atoms with Crippen molar-refractivity contribution in [2.75, 3.05) is 11.2 Å². The molecule has 0 spiro atoms. The molecule has 136 valence electrons. The second kappa shape index (κ2) is 6.62. The molecule has 2 heterocycles. The predicted molar refractivity (Wildman–Crippen MR) is 100.0 cm³/mol. The van der Waals surface area contributed by atoms with Crippen molar-refractivity contribution >= 4 is 23.4 Å². The summed E-state index contributed by atoms with van der Waals surface area (Å²) in [6, 6.07) is 13.1. The van der Waals surface area contributed by atoms with Gasteiger partial charge in [0.2, 0.25) is 11.1 Å². The van der Waals surface area contributed by atoms with Gasteiger partial charge in [-0.15, -0.1) is 0 Å². The molecular formula is C19H16FN4O2S+. The van der Waals surface area contributed by atoms with Gasteiger partial charge in [0.1, 0.15) is 5.82 Å². The Morgan fingerprint density at radius 1 is 1.26 bits per heavy atom. The molecule has 2 aromatic carbocycles. The second-order valence-electron chi connectivity index (χ2n) is 6.09. The summed E-state index contributed by atoms with van der Waals surface area (Å²) in [6.07, 6.45) is 1.03. The molecule has 0 bridgehead atoms. The van der Waals surface area contributed by atoms with Crippen LogP contribution >= 0.6 is 11.8 Å². The first-order valence-corrected chi connectivity index (χ1v) is 9.48. The number of rotatable bonds is 2. The SMILES string of the molecule is CSc1n[n+]2c(c(=O)[nH]1)-c1ccccc1N(C(C)=O)C2c1cccc(F)c1. The lowest BCUT2D eigenvalue weighted by atomic mass is 10.0. The number of H-pyrrole nitrogens is 1. The van der Waals surface area contributed by atoms with E-state index >= 15 is 0 Å². The number of hydrogen-bond acceptors (Lipinski definition) is 4. The molecule has 0 fully saturated rings. The molecule has 1 aliphatic rings. The lowest BCUT2D eigenvalue weighted by molar-refractivity contribution is -0.763. The van der Waals surface area contributed by atoms with Crippen LogP contribution in [0.2, 0.25) is 0 Å². The topological polar surface area (TPSA) is 69.9 Å². The van der Waals surface area contributed by atoms with Crippen LogP contribution in [0.5, 0.6) is 0 Å². The maximum Gasteiger partial charge on any atom is 0.325 e. The first kappa shape index (κ1) is 17.4. The van der Waals surface area contributed by atoms with Crippen molar-refractivity contribution in [1.82, 2.24) is 10.1 Å². The molecule has 1 aromatic heterocycles. The van der Waals surface area contributed by atoms with Gasteiger partial charge in [-0.1, -0.05) is 30.0 Å². The highest BCUT2D eigenvalue weighted by atomic mass is 32.2. The van der Waals surface area contributed by atoms with Crippen molar-refractivity contribution in [3.05, 3.63) is 70.3 Å². The van der Waals surface area contributed by atoms with Crippen LogP contribution in [0.15, 0.2) is 58.5 Å². The fourth-order valence-corrected chi connectivity index (χ4v) is 3.74. The van der Waals surface area contributed by atoms with Gasteiger partial charge in [0.05, 0.1) is 11.3 Å². The molecule has 0 saturated heterocycles. The van der Waals surface area contributed by atoms with E-state index in [1.54, 1.807) is 42.7 Å². The normalized spacial score (nSPS) is 15.2. The van der Waals surface area contributed by atoms with Gasteiger partial charge in [-0.3, -0.25) is 14.6 Å². The van der Waals surface area contributed by atoms with E-state index in [0.717, 1.165) is 0 Å². The van der Waals surface area contributed by atoms with Gasteiger partial charge >= 0.3 is 11.3 Å². The molecule has 4 rings (SSSR count). The van der Waals surface area contributed by atoms with E-state index in [4.69, 9.17) is 0 Å². The Kier molecular flexibility index (Phi) is 4.27. The van der Waals surface area contributed by atoms with E-state index in [1.165, 1.54) is 40.4 Å². The van der Waals surface area contributed by atoms with Crippen molar-refractivity contribution in [3.8, 4) is 11.3 Å². The molecule has 1 aliphatic heterocycles. The second-order valence-corrected chi connectivity index (χ2v) is 6.89. The number of nitrogens with one attached hydrogen (secondary N) is 1. The Hall–Kier alpha value is -3.00. The third kappa shape index (κ3) is 2.82. The standard InChI is InChI=1S/C19H15FN4O2S/c1-11(25)23-15-9-4-3-8-14(15)16-17(26)21-19(27-2)22-24(16)18(23)12-6-5-7-13(20)10-12/h3-10,18H,1-2H3/p+1. The van der Waals surface area contributed by atoms with Crippen LogP contribution < -0.4 is 15.1 Å². The van der Waals surface area contributed by atoms with E-state index in [0.29, 0.717) is 27.7 Å². The third-order valence-electron chi connectivity index (χ3n) is 4.44. The number of carbonyl (C=O) groups is 1. The minimum absolute atomic E-state index is 0.234. The number of carbonyl (C=O) groups excluding carboxylic acids is 1. The first-order valence-electron chi connectivity index (χ1n) is 8.26. The summed E-state index contributed by atoms with van der Waals surface area (Å²) in [4.78, 5) is 29.7. The van der Waals surface area contributed by atoms with Crippen LogP contribution in [0.3, 0.4) is 0 Å². The van der Waals surface area contributed by atoms with Gasteiger partial charge in [-0.25, -0.2) is 9.29 Å². The fraction of sp³-hybridized carbons (Fsp3) is 0.158. The van der Waals surface area contributed by atoms with Crippen LogP contribution in [-0.2, 0) is 4.79 Å². The molecule has 1 amide bonds. The molecule has 8 heteroatoms. The molecule has 0 radical (unpaired) electrons. The van der Waals surface area contributed by atoms with Gasteiger partial charge in [0, 0.05) is 17.6 Å². The first-order chi connectivity index (χ1) is 13.0. The zero-order valence-electron chi connectivity index (χ0n) is 14.6. The van der Waals surface area contributed by atoms with Crippen molar-refractivity contribution < 1.29 is 13.9 Å². The molecule has 1 unspecified atom stereocenters. The average Bonchev–Trinajstić information content (AvgIpc) is 2.66. The van der Waals surface area contributed by atoms with E-state index in [9.17, 15) is 14.0 Å². The number of thioether (sulfide) groups is 1. The molecule has 1 atom stereocenters. The van der Waals surface area contributed by atoms with Crippen LogP contribution in [0.4, 0.5) is 10.1 Å². The quantitative estimate of drug-likeness (QED) is 0.545. The minimum atomic E-state index is -0.767. The Bertz CT molecular complexity index is 1110. The summed E-state index contributed by atoms with van der Waals surface area (Å²) in [6.45, 7) is 1.44. The van der Waals surface area contributed by atoms with Crippen LogP contribution in [0, 0.1) is 5.82 Å². The van der Waals surface area contributed by atoms with Crippen LogP contribution in [0.1, 0.15) is 18.7 Å². The van der Waals surface area contributed by atoms with E-state index in [2.05, 4.69) is 10.1 Å². The monoisotopic (exact) mass is 383 g/mol. The van der Waals surface area contributed by atoms with Crippen LogP contribution in [0.25, 0.3) is 11.3 Å². The Labute approximate surface area is 158 Å². The highest BCUT2D eigenvalue weighted by molar-refractivity contribution is 7.98. The van der Waals surface area contributed by atoms with Gasteiger partial charge in [0.25, 0.3) is 6.17 Å². The molecule has 0 saturated carbocycles. The summed E-state index contributed by atoms with van der Waals surface area (Å²) < 4.78 is 15.4. The van der Waals surface area contributed by atoms with Gasteiger partial charge in [0.15, 0.2) is 0 Å². The highest BCUT2D eigenvalue weighted by Gasteiger charge is 2.44. The number of fused-ring (bicyclic) bond motifs is 3. The number of para-hydroxylation sites is 1. The highest BCUT2D eigenvalue weighted by Crippen LogP contribution is 2.37. The van der Waals surface area contributed by atoms with Crippen molar-refractivity contribution in [1.29, 1.82) is 0 Å². The summed E-state index contributed by atoms with van der Waals surface area (Å²) in [5.74, 6) is -0.658. The number of aromatic nitrogens is 3. The smallest absolute Gasteiger partial charge is 0.291 e. The average molecular weight is 383 g/mol. The molecule has 1 N–H and O–H groups in total. The minimum Gasteiger partial charge on any atom is -0.291 e. The largest absolute Gasteiger partial charge is 0.325 e. The zero-order chi connectivity index (χ0) is 19.1. The van der Waals surface area contributed by atoms with Gasteiger partial charge < -0.3 is 0 Å². The molecule has 27 heavy (non-hydrogen) atoms. The van der Waals surface area contributed by atoms with Crippen molar-refractivity contribution in [2.45, 2.75) is 18.2 Å². The Morgan fingerprint density at radius 2 is 2.04 bits per heavy atom. The summed E-state index contributed by atoms with van der Waals surface area (Å²) >= 11 is 1.28. The third-order valence-corrected chi connectivity index (χ3v) is 5.01. The lowest BCUT2D eigenvalue weighted by Crippen LogP contribution is -2.60. The van der Waals surface area contributed by atoms with E-state index in [1.807, 2.05) is 0 Å². The number of halogens is 1. The van der Waals surface area contributed by atoms with E-state index in [-0.39, 0.29) is 11.5 Å². The van der Waals surface area contributed by atoms with Crippen molar-refractivity contribution in [2.24, 2.45) is 0 Å². The fourth-order valence-electron chi connectivity index (χ4n) is 3.37. The number of hydrogen-bond donors (Lipinski definition) is 1. The number of nitrogens with zero attached hydrogens (tertiary/aromatic N) is 3. The molecule has 0 aliphatic carbocycles. The molecule has 3 aromatic rings. The molecule has 6 nitrogen and oxygen atoms in total. The lowest BCUT2D eigenvalue weighted by Gasteiger charge is -2.31. The number of benzene rings is 2. The Morgan fingerprint density at radius 3 is 2.74 bits per heavy atom. The summed E-state index contributed by atoms with van der Waals surface area (Å²) in [5, 5.41) is 4.93. The van der Waals surface area contributed by atoms with E-state index < -0.39 is 12.0 Å². The number of amides is 1. The van der Waals surface area contributed by atoms with Crippen molar-refractivity contribution in [3.63, 3.8) is 0 Å². The van der Waals surface area contributed by atoms with Gasteiger partial charge in [-0.2, -0.15) is 0 Å². The van der Waals surface area contributed by atoms with Crippen LogP contribution in [-0.4, -0.2) is 22.2 Å². The molecular weight excluding hydrogens is 367 g/mol. The zero-order valence-corrected chi connectivity index (χ0v) is 15.5. The number of anilines is 1. The van der Waals surface area contributed by atoms with Gasteiger partial charge in [-0.05, 0) is 41.3 Å². The number of aromatic amines is 1. The predicted octanol–water partition coefficient (Wildman–Crippen LogP) is 2.50. The maximum absolute atomic E-state index is 13.9. The summed E-state index contributed by atoms with van der Waals surface area (Å²) in [5.41, 5.74) is 1.72. The summed E-state index contributed by atoms with van der Waals surface area (Å²) in [7, 11) is 0.